The average Bonchev–Trinajstić information content (AvgIpc) is 2.54. The quantitative estimate of drug-likeness (QED) is 0.872. The minimum atomic E-state index is 0.291. The van der Waals surface area contributed by atoms with Crippen molar-refractivity contribution < 1.29 is 4.79 Å². The van der Waals surface area contributed by atoms with Gasteiger partial charge in [-0.05, 0) is 50.3 Å². The van der Waals surface area contributed by atoms with Gasteiger partial charge in [-0.15, -0.1) is 0 Å². The molecule has 1 heterocycles. The van der Waals surface area contributed by atoms with E-state index in [1.54, 1.807) is 0 Å². The summed E-state index contributed by atoms with van der Waals surface area (Å²) in [6.45, 7) is 8.00. The second-order valence-electron chi connectivity index (χ2n) is 6.18. The maximum atomic E-state index is 12.5. The van der Waals surface area contributed by atoms with Crippen LogP contribution in [0.5, 0.6) is 0 Å². The fourth-order valence-electron chi connectivity index (χ4n) is 3.12. The molecule has 116 valence electrons. The second-order valence-corrected chi connectivity index (χ2v) is 6.18. The molecule has 21 heavy (non-hydrogen) atoms. The van der Waals surface area contributed by atoms with Gasteiger partial charge >= 0.3 is 0 Å². The monoisotopic (exact) mass is 288 g/mol. The lowest BCUT2D eigenvalue weighted by atomic mass is 9.85. The topological polar surface area (TPSA) is 32.3 Å². The number of rotatable bonds is 6. The molecule has 1 aromatic carbocycles. The van der Waals surface area contributed by atoms with Crippen LogP contribution in [0.15, 0.2) is 30.3 Å². The number of piperidine rings is 1. The molecule has 0 saturated carbocycles. The van der Waals surface area contributed by atoms with Gasteiger partial charge in [-0.25, -0.2) is 0 Å². The molecule has 1 amide bonds. The summed E-state index contributed by atoms with van der Waals surface area (Å²) in [5.41, 5.74) is 1.21. The summed E-state index contributed by atoms with van der Waals surface area (Å²) in [5, 5.41) is 3.45. The lowest BCUT2D eigenvalue weighted by molar-refractivity contribution is -0.133. The van der Waals surface area contributed by atoms with Gasteiger partial charge in [0.25, 0.3) is 0 Å². The number of hydrogen-bond acceptors (Lipinski definition) is 2. The van der Waals surface area contributed by atoms with Gasteiger partial charge in [0.2, 0.25) is 5.91 Å². The molecule has 1 fully saturated rings. The van der Waals surface area contributed by atoms with Crippen LogP contribution in [-0.2, 0) is 11.3 Å². The van der Waals surface area contributed by atoms with Crippen LogP contribution < -0.4 is 5.32 Å². The lowest BCUT2D eigenvalue weighted by Crippen LogP contribution is -2.37. The number of carbonyl (C=O) groups is 1. The third-order valence-corrected chi connectivity index (χ3v) is 4.59. The van der Waals surface area contributed by atoms with Crippen molar-refractivity contribution in [2.24, 2.45) is 11.8 Å². The standard InChI is InChI=1S/C18H28N2O/c1-3-20(14-16-8-5-4-6-9-16)18(21)12-15(2)17-10-7-11-19-13-17/h4-6,8-9,15,17,19H,3,7,10-14H2,1-2H3. The van der Waals surface area contributed by atoms with Crippen LogP contribution in [0.3, 0.4) is 0 Å². The highest BCUT2D eigenvalue weighted by Crippen LogP contribution is 2.23. The zero-order valence-electron chi connectivity index (χ0n) is 13.3. The Morgan fingerprint density at radius 1 is 1.38 bits per heavy atom. The van der Waals surface area contributed by atoms with E-state index in [-0.39, 0.29) is 0 Å². The average molecular weight is 288 g/mol. The third-order valence-electron chi connectivity index (χ3n) is 4.59. The zero-order chi connectivity index (χ0) is 15.1. The van der Waals surface area contributed by atoms with Crippen LogP contribution in [-0.4, -0.2) is 30.4 Å². The normalized spacial score (nSPS) is 20.0. The van der Waals surface area contributed by atoms with Gasteiger partial charge in [0.05, 0.1) is 0 Å². The largest absolute Gasteiger partial charge is 0.339 e. The molecule has 2 atom stereocenters. The summed E-state index contributed by atoms with van der Waals surface area (Å²) in [7, 11) is 0. The van der Waals surface area contributed by atoms with E-state index in [2.05, 4.69) is 31.3 Å². The first-order valence-electron chi connectivity index (χ1n) is 8.23. The fourth-order valence-corrected chi connectivity index (χ4v) is 3.12. The van der Waals surface area contributed by atoms with Crippen LogP contribution in [0.4, 0.5) is 0 Å². The number of amides is 1. The van der Waals surface area contributed by atoms with Crippen molar-refractivity contribution in [1.82, 2.24) is 10.2 Å². The van der Waals surface area contributed by atoms with Gasteiger partial charge in [-0.1, -0.05) is 37.3 Å². The molecule has 0 spiro atoms. The van der Waals surface area contributed by atoms with Gasteiger partial charge in [0, 0.05) is 19.5 Å². The number of nitrogens with one attached hydrogen (secondary N) is 1. The Morgan fingerprint density at radius 2 is 2.14 bits per heavy atom. The number of hydrogen-bond donors (Lipinski definition) is 1. The third kappa shape index (κ3) is 4.85. The van der Waals surface area contributed by atoms with E-state index in [1.807, 2.05) is 23.1 Å². The Hall–Kier alpha value is -1.35. The molecule has 0 aliphatic carbocycles. The van der Waals surface area contributed by atoms with E-state index >= 15 is 0 Å². The first-order valence-corrected chi connectivity index (χ1v) is 8.23. The first kappa shape index (κ1) is 16.0. The van der Waals surface area contributed by atoms with E-state index < -0.39 is 0 Å². The Bertz CT molecular complexity index is 426. The van der Waals surface area contributed by atoms with E-state index in [9.17, 15) is 4.79 Å². The van der Waals surface area contributed by atoms with Crippen molar-refractivity contribution in [3.05, 3.63) is 35.9 Å². The number of benzene rings is 1. The first-order chi connectivity index (χ1) is 10.2. The van der Waals surface area contributed by atoms with Gasteiger partial charge < -0.3 is 10.2 Å². The fraction of sp³-hybridized carbons (Fsp3) is 0.611. The zero-order valence-corrected chi connectivity index (χ0v) is 13.3. The van der Waals surface area contributed by atoms with E-state index in [0.29, 0.717) is 24.2 Å². The summed E-state index contributed by atoms with van der Waals surface area (Å²) >= 11 is 0. The van der Waals surface area contributed by atoms with E-state index in [1.165, 1.54) is 18.4 Å². The highest BCUT2D eigenvalue weighted by molar-refractivity contribution is 5.76. The number of carbonyl (C=O) groups excluding carboxylic acids is 1. The predicted molar refractivity (Wildman–Crippen MR) is 86.9 cm³/mol. The molecular formula is C18H28N2O. The molecule has 1 aliphatic rings. The molecule has 0 aromatic heterocycles. The van der Waals surface area contributed by atoms with Crippen LogP contribution in [0.2, 0.25) is 0 Å². The Morgan fingerprint density at radius 3 is 2.76 bits per heavy atom. The molecule has 2 rings (SSSR count). The minimum Gasteiger partial charge on any atom is -0.339 e. The predicted octanol–water partition coefficient (Wildman–Crippen LogP) is 3.06. The molecule has 1 N–H and O–H groups in total. The van der Waals surface area contributed by atoms with Crippen LogP contribution in [0, 0.1) is 11.8 Å². The van der Waals surface area contributed by atoms with Crippen molar-refractivity contribution in [2.45, 2.75) is 39.7 Å². The summed E-state index contributed by atoms with van der Waals surface area (Å²) in [6.07, 6.45) is 3.17. The Balaban J connectivity index is 1.87. The highest BCUT2D eigenvalue weighted by Gasteiger charge is 2.23. The maximum Gasteiger partial charge on any atom is 0.223 e. The van der Waals surface area contributed by atoms with Gasteiger partial charge in [-0.2, -0.15) is 0 Å². The SMILES string of the molecule is CCN(Cc1ccccc1)C(=O)CC(C)C1CCCNC1. The smallest absolute Gasteiger partial charge is 0.223 e. The molecule has 0 bridgehead atoms. The van der Waals surface area contributed by atoms with Gasteiger partial charge in [0.1, 0.15) is 0 Å². The van der Waals surface area contributed by atoms with Crippen molar-refractivity contribution in [3.63, 3.8) is 0 Å². The van der Waals surface area contributed by atoms with Crippen LogP contribution in [0.25, 0.3) is 0 Å². The maximum absolute atomic E-state index is 12.5. The van der Waals surface area contributed by atoms with E-state index in [4.69, 9.17) is 0 Å². The molecule has 3 heteroatoms. The van der Waals surface area contributed by atoms with Crippen molar-refractivity contribution >= 4 is 5.91 Å². The minimum absolute atomic E-state index is 0.291. The van der Waals surface area contributed by atoms with Gasteiger partial charge in [0.15, 0.2) is 0 Å². The van der Waals surface area contributed by atoms with Crippen molar-refractivity contribution in [2.75, 3.05) is 19.6 Å². The molecule has 3 nitrogen and oxygen atoms in total. The van der Waals surface area contributed by atoms with Gasteiger partial charge in [-0.3, -0.25) is 4.79 Å². The molecule has 1 saturated heterocycles. The lowest BCUT2D eigenvalue weighted by Gasteiger charge is -2.30. The Kier molecular flexibility index (Phi) is 6.24. The second kappa shape index (κ2) is 8.18. The summed E-state index contributed by atoms with van der Waals surface area (Å²) in [4.78, 5) is 14.5. The van der Waals surface area contributed by atoms with Crippen LogP contribution in [0.1, 0.15) is 38.7 Å². The van der Waals surface area contributed by atoms with E-state index in [0.717, 1.165) is 26.2 Å². The van der Waals surface area contributed by atoms with Crippen molar-refractivity contribution in [3.8, 4) is 0 Å². The highest BCUT2D eigenvalue weighted by atomic mass is 16.2. The van der Waals surface area contributed by atoms with Crippen LogP contribution >= 0.6 is 0 Å². The molecule has 0 radical (unpaired) electrons. The van der Waals surface area contributed by atoms with Crippen molar-refractivity contribution in [1.29, 1.82) is 0 Å². The summed E-state index contributed by atoms with van der Waals surface area (Å²) < 4.78 is 0. The Labute approximate surface area is 128 Å². The number of nitrogens with zero attached hydrogens (tertiary/aromatic N) is 1. The molecule has 1 aromatic rings. The molecule has 2 unspecified atom stereocenters. The molecule has 1 aliphatic heterocycles. The summed E-state index contributed by atoms with van der Waals surface area (Å²) in [6, 6.07) is 10.3. The summed E-state index contributed by atoms with van der Waals surface area (Å²) in [5.74, 6) is 1.41. The molecular weight excluding hydrogens is 260 g/mol.